The maximum atomic E-state index is 13.0. The number of hydrogen-bond acceptors (Lipinski definition) is 6. The molecule has 0 saturated heterocycles. The van der Waals surface area contributed by atoms with Crippen LogP contribution in [-0.4, -0.2) is 38.5 Å². The van der Waals surface area contributed by atoms with Gasteiger partial charge in [0.05, 0.1) is 24.6 Å². The van der Waals surface area contributed by atoms with Gasteiger partial charge in [0.2, 0.25) is 11.8 Å². The molecule has 4 rings (SSSR count). The van der Waals surface area contributed by atoms with Crippen molar-refractivity contribution < 1.29 is 27.5 Å². The Morgan fingerprint density at radius 3 is 2.64 bits per heavy atom. The molecule has 36 heavy (non-hydrogen) atoms. The molecule has 2 N–H and O–H groups in total. The van der Waals surface area contributed by atoms with E-state index < -0.39 is 17.6 Å². The zero-order chi connectivity index (χ0) is 26.0. The summed E-state index contributed by atoms with van der Waals surface area (Å²) < 4.78 is 45.8. The van der Waals surface area contributed by atoms with Crippen molar-refractivity contribution in [1.29, 1.82) is 0 Å². The van der Waals surface area contributed by atoms with E-state index in [1.54, 1.807) is 12.1 Å². The fraction of sp³-hybridized carbons (Fsp3) is 0.174. The molecule has 0 radical (unpaired) electrons. The summed E-state index contributed by atoms with van der Waals surface area (Å²) >= 11 is 6.02. The van der Waals surface area contributed by atoms with Gasteiger partial charge in [-0.25, -0.2) is 14.5 Å². The fourth-order valence-electron chi connectivity index (χ4n) is 3.35. The quantitative estimate of drug-likeness (QED) is 0.392. The van der Waals surface area contributed by atoms with Crippen molar-refractivity contribution in [2.75, 3.05) is 12.4 Å². The second kappa shape index (κ2) is 9.82. The molecule has 3 aromatic heterocycles. The lowest BCUT2D eigenvalue weighted by Crippen LogP contribution is -2.24. The van der Waals surface area contributed by atoms with E-state index >= 15 is 0 Å². The molecule has 4 aromatic rings. The largest absolute Gasteiger partial charge is 0.480 e. The number of methoxy groups -OCH3 is 1. The lowest BCUT2D eigenvalue weighted by atomic mass is 10.1. The highest BCUT2D eigenvalue weighted by Gasteiger charge is 2.31. The number of aromatic nitrogens is 4. The van der Waals surface area contributed by atoms with Gasteiger partial charge < -0.3 is 15.4 Å². The third-order valence-electron chi connectivity index (χ3n) is 5.02. The Morgan fingerprint density at radius 2 is 1.94 bits per heavy atom. The minimum absolute atomic E-state index is 0.0167. The first kappa shape index (κ1) is 24.9. The maximum Gasteiger partial charge on any atom is 0.416 e. The van der Waals surface area contributed by atoms with Gasteiger partial charge in [-0.05, 0) is 42.0 Å². The maximum absolute atomic E-state index is 13.0. The molecule has 0 aliphatic carbocycles. The number of fused-ring (bicyclic) bond motifs is 1. The van der Waals surface area contributed by atoms with Gasteiger partial charge in [0.25, 0.3) is 5.91 Å². The van der Waals surface area contributed by atoms with Crippen LogP contribution >= 0.6 is 11.6 Å². The van der Waals surface area contributed by atoms with Crippen molar-refractivity contribution in [3.05, 3.63) is 70.5 Å². The summed E-state index contributed by atoms with van der Waals surface area (Å²) in [7, 11) is 1.34. The van der Waals surface area contributed by atoms with Gasteiger partial charge in [-0.3, -0.25) is 9.59 Å². The molecule has 3 heterocycles. The number of imidazole rings is 1. The van der Waals surface area contributed by atoms with Crippen LogP contribution in [0, 0.1) is 0 Å². The van der Waals surface area contributed by atoms with Crippen LogP contribution in [0.25, 0.3) is 16.9 Å². The Balaban J connectivity index is 1.60. The van der Waals surface area contributed by atoms with Crippen molar-refractivity contribution in [2.45, 2.75) is 19.6 Å². The Kier molecular flexibility index (Phi) is 6.80. The third kappa shape index (κ3) is 5.38. The number of rotatable bonds is 6. The van der Waals surface area contributed by atoms with E-state index in [-0.39, 0.29) is 34.5 Å². The molecule has 0 atom stereocenters. The van der Waals surface area contributed by atoms with E-state index in [1.807, 2.05) is 0 Å². The number of alkyl halides is 3. The summed E-state index contributed by atoms with van der Waals surface area (Å²) in [4.78, 5) is 32.6. The Labute approximate surface area is 207 Å². The number of nitrogens with zero attached hydrogens (tertiary/aromatic N) is 4. The molecule has 13 heteroatoms. The van der Waals surface area contributed by atoms with E-state index in [4.69, 9.17) is 16.3 Å². The molecule has 0 spiro atoms. The van der Waals surface area contributed by atoms with E-state index in [9.17, 15) is 22.8 Å². The SMILES string of the molecule is COc1ncc(-c2ccc3nc(NC(C)=O)cn3n2)cc1C(=O)NCc1cc(C(F)(F)F)ccc1Cl. The highest BCUT2D eigenvalue weighted by Crippen LogP contribution is 2.32. The average Bonchev–Trinajstić information content (AvgIpc) is 3.22. The Bertz CT molecular complexity index is 1470. The Hall–Kier alpha value is -4.19. The number of ether oxygens (including phenoxy) is 1. The first-order valence-electron chi connectivity index (χ1n) is 10.4. The second-order valence-corrected chi connectivity index (χ2v) is 8.00. The first-order chi connectivity index (χ1) is 17.0. The number of hydrogen-bond donors (Lipinski definition) is 2. The minimum Gasteiger partial charge on any atom is -0.480 e. The van der Waals surface area contributed by atoms with Crippen molar-refractivity contribution in [2.24, 2.45) is 0 Å². The van der Waals surface area contributed by atoms with E-state index in [0.29, 0.717) is 22.7 Å². The van der Waals surface area contributed by atoms with Gasteiger partial charge in [0, 0.05) is 30.3 Å². The van der Waals surface area contributed by atoms with Crippen molar-refractivity contribution in [3.63, 3.8) is 0 Å². The predicted octanol–water partition coefficient (Wildman–Crippen LogP) is 4.36. The van der Waals surface area contributed by atoms with Gasteiger partial charge in [-0.2, -0.15) is 18.3 Å². The van der Waals surface area contributed by atoms with Crippen LogP contribution in [0.3, 0.4) is 0 Å². The molecule has 2 amide bonds. The number of nitrogens with one attached hydrogen (secondary N) is 2. The van der Waals surface area contributed by atoms with E-state index in [1.165, 1.54) is 37.0 Å². The van der Waals surface area contributed by atoms with E-state index in [0.717, 1.165) is 18.2 Å². The lowest BCUT2D eigenvalue weighted by Gasteiger charge is -2.13. The molecule has 0 aliphatic heterocycles. The van der Waals surface area contributed by atoms with Crippen LogP contribution in [0.1, 0.15) is 28.4 Å². The zero-order valence-electron chi connectivity index (χ0n) is 18.9. The number of carbonyl (C=O) groups excluding carboxylic acids is 2. The van der Waals surface area contributed by atoms with Crippen molar-refractivity contribution in [1.82, 2.24) is 24.9 Å². The number of amides is 2. The normalized spacial score (nSPS) is 11.4. The van der Waals surface area contributed by atoms with Crippen LogP contribution in [-0.2, 0) is 17.5 Å². The standard InChI is InChI=1S/C23H18ClF3N6O3/c1-12(34)30-19-11-33-20(31-19)6-5-18(32-33)14-8-16(22(36-2)29-10-14)21(35)28-9-13-7-15(23(25,26)27)3-4-17(13)24/h3-8,10-11H,9H2,1-2H3,(H,28,35)(H,30,34). The van der Waals surface area contributed by atoms with Crippen LogP contribution in [0.5, 0.6) is 5.88 Å². The van der Waals surface area contributed by atoms with Gasteiger partial charge >= 0.3 is 6.18 Å². The highest BCUT2D eigenvalue weighted by atomic mass is 35.5. The number of anilines is 1. The van der Waals surface area contributed by atoms with Gasteiger partial charge in [-0.15, -0.1) is 0 Å². The summed E-state index contributed by atoms with van der Waals surface area (Å²) in [5, 5.41) is 9.64. The zero-order valence-corrected chi connectivity index (χ0v) is 19.6. The summed E-state index contributed by atoms with van der Waals surface area (Å²) in [6.07, 6.45) is -1.56. The molecule has 0 saturated carbocycles. The molecular formula is C23H18ClF3N6O3. The summed E-state index contributed by atoms with van der Waals surface area (Å²) in [5.74, 6) is -0.567. The molecule has 0 bridgehead atoms. The fourth-order valence-corrected chi connectivity index (χ4v) is 3.54. The number of halogens is 4. The second-order valence-electron chi connectivity index (χ2n) is 7.60. The predicted molar refractivity (Wildman–Crippen MR) is 125 cm³/mol. The highest BCUT2D eigenvalue weighted by molar-refractivity contribution is 6.31. The van der Waals surface area contributed by atoms with Crippen LogP contribution < -0.4 is 15.4 Å². The van der Waals surface area contributed by atoms with Gasteiger partial charge in [-0.1, -0.05) is 11.6 Å². The number of pyridine rings is 1. The number of benzene rings is 1. The molecule has 1 aromatic carbocycles. The molecule has 186 valence electrons. The summed E-state index contributed by atoms with van der Waals surface area (Å²) in [5.41, 5.74) is 0.670. The third-order valence-corrected chi connectivity index (χ3v) is 5.39. The van der Waals surface area contributed by atoms with E-state index in [2.05, 4.69) is 25.7 Å². The van der Waals surface area contributed by atoms with Gasteiger partial charge in [0.15, 0.2) is 11.5 Å². The summed E-state index contributed by atoms with van der Waals surface area (Å²) in [6.45, 7) is 1.11. The molecular weight excluding hydrogens is 501 g/mol. The topological polar surface area (TPSA) is 111 Å². The van der Waals surface area contributed by atoms with Crippen molar-refractivity contribution in [3.8, 4) is 17.1 Å². The molecule has 0 fully saturated rings. The molecule has 0 unspecified atom stereocenters. The molecule has 0 aliphatic rings. The first-order valence-corrected chi connectivity index (χ1v) is 10.7. The van der Waals surface area contributed by atoms with Crippen LogP contribution in [0.2, 0.25) is 5.02 Å². The Morgan fingerprint density at radius 1 is 1.17 bits per heavy atom. The van der Waals surface area contributed by atoms with Crippen molar-refractivity contribution >= 4 is 34.9 Å². The smallest absolute Gasteiger partial charge is 0.416 e. The van der Waals surface area contributed by atoms with Crippen LogP contribution in [0.4, 0.5) is 19.0 Å². The minimum atomic E-state index is -4.54. The monoisotopic (exact) mass is 518 g/mol. The van der Waals surface area contributed by atoms with Gasteiger partial charge in [0.1, 0.15) is 5.56 Å². The summed E-state index contributed by atoms with van der Waals surface area (Å²) in [6, 6.07) is 7.71. The van der Waals surface area contributed by atoms with Crippen LogP contribution in [0.15, 0.2) is 48.8 Å². The average molecular weight is 519 g/mol. The molecule has 9 nitrogen and oxygen atoms in total. The number of carbonyl (C=O) groups is 2. The lowest BCUT2D eigenvalue weighted by molar-refractivity contribution is -0.137.